The van der Waals surface area contributed by atoms with E-state index in [2.05, 4.69) is 37.5 Å². The molecule has 1 N–H and O–H groups in total. The normalized spacial score (nSPS) is 10.8. The molecule has 158 valence electrons. The Hall–Kier alpha value is -2.96. The molecule has 0 aliphatic rings. The van der Waals surface area contributed by atoms with Crippen molar-refractivity contribution in [3.63, 3.8) is 0 Å². The van der Waals surface area contributed by atoms with E-state index in [1.165, 1.54) is 13.3 Å². The molecule has 1 heterocycles. The zero-order chi connectivity index (χ0) is 22.1. The van der Waals surface area contributed by atoms with Crippen LogP contribution in [-0.2, 0) is 16.1 Å². The summed E-state index contributed by atoms with van der Waals surface area (Å²) in [5.74, 6) is 0.244. The van der Waals surface area contributed by atoms with Crippen molar-refractivity contribution >= 4 is 28.1 Å². The van der Waals surface area contributed by atoms with E-state index in [0.717, 1.165) is 5.56 Å². The predicted molar refractivity (Wildman–Crippen MR) is 116 cm³/mol. The molecule has 0 spiro atoms. The lowest BCUT2D eigenvalue weighted by Crippen LogP contribution is -2.25. The van der Waals surface area contributed by atoms with Crippen LogP contribution in [0.25, 0.3) is 0 Å². The number of ether oxygens (including phenoxy) is 3. The molecule has 1 aromatic heterocycles. The Morgan fingerprint density at radius 2 is 2.13 bits per heavy atom. The number of amides is 1. The molecule has 0 fully saturated rings. The van der Waals surface area contributed by atoms with Crippen molar-refractivity contribution in [3.05, 3.63) is 51.1 Å². The fourth-order valence-electron chi connectivity index (χ4n) is 2.50. The summed E-state index contributed by atoms with van der Waals surface area (Å²) in [4.78, 5) is 16.3. The van der Waals surface area contributed by atoms with E-state index in [4.69, 9.17) is 14.2 Å². The first-order chi connectivity index (χ1) is 14.4. The maximum absolute atomic E-state index is 12.1. The fraction of sp³-hybridized carbons (Fsp3) is 0.333. The SMILES string of the molecule is COCc1c(Br)c(C)nc(OCC(=O)N/N=C\c2ccccc2OC(C)C)c1C#N. The number of carbonyl (C=O) groups is 1. The minimum atomic E-state index is -0.493. The van der Waals surface area contributed by atoms with Gasteiger partial charge in [-0.05, 0) is 48.8 Å². The summed E-state index contributed by atoms with van der Waals surface area (Å²) in [5, 5.41) is 13.4. The summed E-state index contributed by atoms with van der Waals surface area (Å²) < 4.78 is 17.0. The fourth-order valence-corrected chi connectivity index (χ4v) is 2.90. The van der Waals surface area contributed by atoms with E-state index >= 15 is 0 Å². The predicted octanol–water partition coefficient (Wildman–Crippen LogP) is 3.49. The lowest BCUT2D eigenvalue weighted by molar-refractivity contribution is -0.123. The topological polar surface area (TPSA) is 106 Å². The maximum atomic E-state index is 12.1. The Balaban J connectivity index is 2.04. The average Bonchev–Trinajstić information content (AvgIpc) is 2.71. The van der Waals surface area contributed by atoms with Gasteiger partial charge in [0.1, 0.15) is 17.4 Å². The van der Waals surface area contributed by atoms with Crippen molar-refractivity contribution in [3.8, 4) is 17.7 Å². The molecule has 0 aliphatic carbocycles. The van der Waals surface area contributed by atoms with E-state index in [-0.39, 0.29) is 30.8 Å². The summed E-state index contributed by atoms with van der Waals surface area (Å²) in [6.07, 6.45) is 1.51. The number of pyridine rings is 1. The van der Waals surface area contributed by atoms with Gasteiger partial charge in [0.25, 0.3) is 5.91 Å². The number of rotatable bonds is 9. The lowest BCUT2D eigenvalue weighted by Gasteiger charge is -2.13. The molecule has 0 saturated carbocycles. The molecule has 0 aliphatic heterocycles. The van der Waals surface area contributed by atoms with Crippen molar-refractivity contribution in [1.82, 2.24) is 10.4 Å². The highest BCUT2D eigenvalue weighted by Gasteiger charge is 2.18. The van der Waals surface area contributed by atoms with Crippen LogP contribution in [0.15, 0.2) is 33.8 Å². The van der Waals surface area contributed by atoms with Crippen molar-refractivity contribution in [2.24, 2.45) is 5.10 Å². The molecule has 9 heteroatoms. The first kappa shape index (κ1) is 23.3. The van der Waals surface area contributed by atoms with Gasteiger partial charge in [0.15, 0.2) is 6.61 Å². The van der Waals surface area contributed by atoms with E-state index in [9.17, 15) is 10.1 Å². The molecule has 1 aromatic carbocycles. The van der Waals surface area contributed by atoms with E-state index in [1.807, 2.05) is 38.1 Å². The van der Waals surface area contributed by atoms with Gasteiger partial charge in [0.05, 0.1) is 24.6 Å². The highest BCUT2D eigenvalue weighted by Crippen LogP contribution is 2.29. The lowest BCUT2D eigenvalue weighted by atomic mass is 10.1. The van der Waals surface area contributed by atoms with Gasteiger partial charge < -0.3 is 14.2 Å². The van der Waals surface area contributed by atoms with Gasteiger partial charge >= 0.3 is 0 Å². The highest BCUT2D eigenvalue weighted by molar-refractivity contribution is 9.10. The second kappa shape index (κ2) is 11.3. The number of hydrogen-bond acceptors (Lipinski definition) is 7. The number of para-hydroxylation sites is 1. The largest absolute Gasteiger partial charge is 0.490 e. The number of hydrazone groups is 1. The van der Waals surface area contributed by atoms with Gasteiger partial charge in [0.2, 0.25) is 5.88 Å². The zero-order valence-electron chi connectivity index (χ0n) is 17.2. The minimum Gasteiger partial charge on any atom is -0.490 e. The molecular formula is C21H23BrN4O4. The summed E-state index contributed by atoms with van der Waals surface area (Å²) in [6.45, 7) is 5.48. The number of nitrogens with one attached hydrogen (secondary N) is 1. The number of benzene rings is 1. The molecule has 0 atom stereocenters. The van der Waals surface area contributed by atoms with Crippen LogP contribution in [0, 0.1) is 18.3 Å². The first-order valence-corrected chi connectivity index (χ1v) is 9.95. The second-order valence-electron chi connectivity index (χ2n) is 6.50. The minimum absolute atomic E-state index is 0.0155. The molecule has 0 bridgehead atoms. The van der Waals surface area contributed by atoms with Crippen molar-refractivity contribution in [1.29, 1.82) is 5.26 Å². The molecule has 1 amide bonds. The van der Waals surface area contributed by atoms with Gasteiger partial charge in [-0.3, -0.25) is 4.79 Å². The maximum Gasteiger partial charge on any atom is 0.278 e. The number of aromatic nitrogens is 1. The Bertz CT molecular complexity index is 970. The Morgan fingerprint density at radius 3 is 2.80 bits per heavy atom. The molecule has 8 nitrogen and oxygen atoms in total. The van der Waals surface area contributed by atoms with Crippen LogP contribution >= 0.6 is 15.9 Å². The Labute approximate surface area is 184 Å². The van der Waals surface area contributed by atoms with E-state index < -0.39 is 5.91 Å². The van der Waals surface area contributed by atoms with E-state index in [1.54, 1.807) is 6.92 Å². The number of carbonyl (C=O) groups excluding carboxylic acids is 1. The third kappa shape index (κ3) is 6.27. The van der Waals surface area contributed by atoms with Gasteiger partial charge in [0, 0.05) is 22.7 Å². The summed E-state index contributed by atoms with van der Waals surface area (Å²) in [7, 11) is 1.53. The third-order valence-electron chi connectivity index (χ3n) is 3.78. The molecule has 2 rings (SSSR count). The molecule has 30 heavy (non-hydrogen) atoms. The van der Waals surface area contributed by atoms with Gasteiger partial charge in [-0.2, -0.15) is 10.4 Å². The highest BCUT2D eigenvalue weighted by atomic mass is 79.9. The van der Waals surface area contributed by atoms with Gasteiger partial charge in [-0.15, -0.1) is 0 Å². The van der Waals surface area contributed by atoms with Crippen molar-refractivity contribution in [2.75, 3.05) is 13.7 Å². The number of aryl methyl sites for hydroxylation is 1. The standard InChI is InChI=1S/C21H23BrN4O4/c1-13(2)30-18-8-6-5-7-15(18)10-24-26-19(27)12-29-21-16(9-23)17(11-28-4)20(22)14(3)25-21/h5-8,10,13H,11-12H2,1-4H3,(H,26,27)/b24-10-. The van der Waals surface area contributed by atoms with Crippen molar-refractivity contribution < 1.29 is 19.0 Å². The number of nitriles is 1. The summed E-state index contributed by atoms with van der Waals surface area (Å²) in [6, 6.07) is 9.42. The van der Waals surface area contributed by atoms with Crippen molar-refractivity contribution in [2.45, 2.75) is 33.5 Å². The zero-order valence-corrected chi connectivity index (χ0v) is 18.8. The van der Waals surface area contributed by atoms with Gasteiger partial charge in [-0.1, -0.05) is 12.1 Å². The monoisotopic (exact) mass is 474 g/mol. The van der Waals surface area contributed by atoms with Crippen LogP contribution < -0.4 is 14.9 Å². The number of methoxy groups -OCH3 is 1. The van der Waals surface area contributed by atoms with Crippen LogP contribution in [0.5, 0.6) is 11.6 Å². The quantitative estimate of drug-likeness (QED) is 0.440. The number of nitrogens with zero attached hydrogens (tertiary/aromatic N) is 3. The van der Waals surface area contributed by atoms with Crippen LogP contribution in [0.3, 0.4) is 0 Å². The number of halogens is 1. The summed E-state index contributed by atoms with van der Waals surface area (Å²) in [5.41, 5.74) is 4.57. The molecular weight excluding hydrogens is 452 g/mol. The first-order valence-electron chi connectivity index (χ1n) is 9.15. The number of hydrogen-bond donors (Lipinski definition) is 1. The average molecular weight is 475 g/mol. The molecule has 0 radical (unpaired) electrons. The second-order valence-corrected chi connectivity index (χ2v) is 7.29. The molecule has 0 saturated heterocycles. The Morgan fingerprint density at radius 1 is 1.40 bits per heavy atom. The van der Waals surface area contributed by atoms with E-state index in [0.29, 0.717) is 21.5 Å². The Kier molecular flexibility index (Phi) is 8.77. The van der Waals surface area contributed by atoms with Crippen LogP contribution in [0.4, 0.5) is 0 Å². The van der Waals surface area contributed by atoms with Crippen LogP contribution in [0.1, 0.15) is 36.2 Å². The molecule has 0 unspecified atom stereocenters. The third-order valence-corrected chi connectivity index (χ3v) is 4.83. The smallest absolute Gasteiger partial charge is 0.278 e. The summed E-state index contributed by atoms with van der Waals surface area (Å²) >= 11 is 3.41. The van der Waals surface area contributed by atoms with Gasteiger partial charge in [-0.25, -0.2) is 10.4 Å². The van der Waals surface area contributed by atoms with Crippen LogP contribution in [0.2, 0.25) is 0 Å². The van der Waals surface area contributed by atoms with Crippen LogP contribution in [-0.4, -0.2) is 36.9 Å². The molecule has 2 aromatic rings.